The van der Waals surface area contributed by atoms with E-state index in [9.17, 15) is 18.4 Å². The molecule has 3 N–H and O–H groups in total. The van der Waals surface area contributed by atoms with Crippen LogP contribution in [0.2, 0.25) is 0 Å². The molecule has 1 aromatic carbocycles. The SMILES string of the molecule is CCNC(=O)Nc1cccc(NC(=O)c2sccc2OC(F)F)c1. The molecule has 1 heterocycles. The lowest BCUT2D eigenvalue weighted by Crippen LogP contribution is -2.28. The highest BCUT2D eigenvalue weighted by Gasteiger charge is 2.17. The van der Waals surface area contributed by atoms with Gasteiger partial charge in [-0.2, -0.15) is 8.78 Å². The van der Waals surface area contributed by atoms with Crippen molar-refractivity contribution in [3.8, 4) is 5.75 Å². The van der Waals surface area contributed by atoms with Crippen molar-refractivity contribution in [2.75, 3.05) is 17.2 Å². The Kier molecular flexibility index (Phi) is 6.07. The molecule has 128 valence electrons. The molecule has 0 aliphatic carbocycles. The molecule has 0 spiro atoms. The molecule has 9 heteroatoms. The largest absolute Gasteiger partial charge is 0.433 e. The predicted molar refractivity (Wildman–Crippen MR) is 88.0 cm³/mol. The number of hydrogen-bond acceptors (Lipinski definition) is 4. The Morgan fingerprint density at radius 1 is 1.21 bits per heavy atom. The van der Waals surface area contributed by atoms with E-state index in [4.69, 9.17) is 0 Å². The quantitative estimate of drug-likeness (QED) is 0.738. The van der Waals surface area contributed by atoms with Crippen LogP contribution < -0.4 is 20.7 Å². The Balaban J connectivity index is 2.07. The van der Waals surface area contributed by atoms with Gasteiger partial charge in [-0.1, -0.05) is 6.07 Å². The summed E-state index contributed by atoms with van der Waals surface area (Å²) in [6.45, 7) is -0.736. The highest BCUT2D eigenvalue weighted by atomic mass is 32.1. The number of carbonyl (C=O) groups excluding carboxylic acids is 2. The zero-order valence-electron chi connectivity index (χ0n) is 12.6. The molecule has 0 aliphatic rings. The Bertz CT molecular complexity index is 721. The van der Waals surface area contributed by atoms with E-state index in [1.807, 2.05) is 0 Å². The normalized spacial score (nSPS) is 10.3. The van der Waals surface area contributed by atoms with Crippen LogP contribution in [0.3, 0.4) is 0 Å². The van der Waals surface area contributed by atoms with E-state index in [1.165, 1.54) is 11.4 Å². The monoisotopic (exact) mass is 355 g/mol. The summed E-state index contributed by atoms with van der Waals surface area (Å²) in [6.07, 6.45) is 0. The summed E-state index contributed by atoms with van der Waals surface area (Å²) in [5.41, 5.74) is 0.889. The second kappa shape index (κ2) is 8.25. The highest BCUT2D eigenvalue weighted by molar-refractivity contribution is 7.12. The van der Waals surface area contributed by atoms with Crippen molar-refractivity contribution in [3.05, 3.63) is 40.6 Å². The summed E-state index contributed by atoms with van der Waals surface area (Å²) < 4.78 is 28.9. The number of alkyl halides is 2. The van der Waals surface area contributed by atoms with E-state index >= 15 is 0 Å². The van der Waals surface area contributed by atoms with Gasteiger partial charge in [-0.3, -0.25) is 4.79 Å². The van der Waals surface area contributed by atoms with Crippen LogP contribution in [0, 0.1) is 0 Å². The van der Waals surface area contributed by atoms with Crippen molar-refractivity contribution in [1.29, 1.82) is 0 Å². The van der Waals surface area contributed by atoms with Crippen LogP contribution in [0.15, 0.2) is 35.7 Å². The van der Waals surface area contributed by atoms with Gasteiger partial charge < -0.3 is 20.7 Å². The molecule has 0 radical (unpaired) electrons. The van der Waals surface area contributed by atoms with Crippen LogP contribution in [-0.2, 0) is 0 Å². The summed E-state index contributed by atoms with van der Waals surface area (Å²) in [6, 6.07) is 7.39. The van der Waals surface area contributed by atoms with Gasteiger partial charge in [-0.15, -0.1) is 11.3 Å². The summed E-state index contributed by atoms with van der Waals surface area (Å²) in [7, 11) is 0. The van der Waals surface area contributed by atoms with E-state index < -0.39 is 12.5 Å². The molecule has 3 amide bonds. The number of hydrogen-bond donors (Lipinski definition) is 3. The predicted octanol–water partition coefficient (Wildman–Crippen LogP) is 3.74. The van der Waals surface area contributed by atoms with Crippen LogP contribution in [0.25, 0.3) is 0 Å². The van der Waals surface area contributed by atoms with Gasteiger partial charge in [0.25, 0.3) is 5.91 Å². The van der Waals surface area contributed by atoms with Gasteiger partial charge in [-0.25, -0.2) is 4.79 Å². The molecule has 0 saturated carbocycles. The fourth-order valence-corrected chi connectivity index (χ4v) is 2.57. The Morgan fingerprint density at radius 2 is 1.92 bits per heavy atom. The third kappa shape index (κ3) is 4.92. The Hall–Kier alpha value is -2.68. The number of benzene rings is 1. The number of anilines is 2. The van der Waals surface area contributed by atoms with E-state index in [1.54, 1.807) is 31.2 Å². The number of urea groups is 1. The first kappa shape index (κ1) is 17.7. The van der Waals surface area contributed by atoms with Crippen molar-refractivity contribution in [1.82, 2.24) is 5.32 Å². The van der Waals surface area contributed by atoms with Crippen LogP contribution in [0.4, 0.5) is 25.0 Å². The zero-order chi connectivity index (χ0) is 17.5. The minimum atomic E-state index is -3.00. The van der Waals surface area contributed by atoms with Gasteiger partial charge in [0.05, 0.1) is 0 Å². The van der Waals surface area contributed by atoms with Gasteiger partial charge in [-0.05, 0) is 36.6 Å². The summed E-state index contributed by atoms with van der Waals surface area (Å²) in [4.78, 5) is 23.7. The topological polar surface area (TPSA) is 79.5 Å². The number of thiophene rings is 1. The number of carbonyl (C=O) groups is 2. The van der Waals surface area contributed by atoms with Gasteiger partial charge in [0.2, 0.25) is 0 Å². The number of rotatable bonds is 6. The lowest BCUT2D eigenvalue weighted by atomic mass is 10.2. The average Bonchev–Trinajstić information content (AvgIpc) is 2.95. The summed E-state index contributed by atoms with van der Waals surface area (Å²) in [5.74, 6) is -0.750. The molecule has 6 nitrogen and oxygen atoms in total. The van der Waals surface area contributed by atoms with Gasteiger partial charge in [0, 0.05) is 17.9 Å². The minimum Gasteiger partial charge on any atom is -0.433 e. The molecule has 0 fully saturated rings. The standard InChI is InChI=1S/C15H15F2N3O3S/c1-2-18-15(22)20-10-5-3-4-9(8-10)19-13(21)12-11(6-7-24-12)23-14(16)17/h3-8,14H,2H2,1H3,(H,19,21)(H2,18,20,22). The lowest BCUT2D eigenvalue weighted by Gasteiger charge is -2.09. The summed E-state index contributed by atoms with van der Waals surface area (Å²) in [5, 5.41) is 9.25. The van der Waals surface area contributed by atoms with Crippen molar-refractivity contribution >= 4 is 34.6 Å². The van der Waals surface area contributed by atoms with Gasteiger partial charge in [0.1, 0.15) is 10.6 Å². The minimum absolute atomic E-state index is 0.0392. The summed E-state index contributed by atoms with van der Waals surface area (Å²) >= 11 is 0.990. The fourth-order valence-electron chi connectivity index (χ4n) is 1.85. The first-order valence-electron chi connectivity index (χ1n) is 6.98. The van der Waals surface area contributed by atoms with Crippen molar-refractivity contribution in [2.45, 2.75) is 13.5 Å². The van der Waals surface area contributed by atoms with E-state index in [2.05, 4.69) is 20.7 Å². The molecule has 0 aliphatic heterocycles. The molecular formula is C15H15F2N3O3S. The molecule has 0 saturated heterocycles. The fraction of sp³-hybridized carbons (Fsp3) is 0.200. The van der Waals surface area contributed by atoms with Crippen LogP contribution >= 0.6 is 11.3 Å². The Morgan fingerprint density at radius 3 is 2.58 bits per heavy atom. The highest BCUT2D eigenvalue weighted by Crippen LogP contribution is 2.27. The molecule has 1 aromatic heterocycles. The maximum absolute atomic E-state index is 12.3. The first-order valence-corrected chi connectivity index (χ1v) is 7.86. The number of halogens is 2. The number of amides is 3. The van der Waals surface area contributed by atoms with Gasteiger partial charge in [0.15, 0.2) is 0 Å². The third-order valence-corrected chi connectivity index (χ3v) is 3.66. The molecule has 2 rings (SSSR count). The van der Waals surface area contributed by atoms with E-state index in [0.717, 1.165) is 11.3 Å². The molecule has 2 aromatic rings. The van der Waals surface area contributed by atoms with Crippen LogP contribution in [0.5, 0.6) is 5.75 Å². The maximum Gasteiger partial charge on any atom is 0.387 e. The smallest absolute Gasteiger partial charge is 0.387 e. The van der Waals surface area contributed by atoms with E-state index in [0.29, 0.717) is 17.9 Å². The third-order valence-electron chi connectivity index (χ3n) is 2.77. The molecule has 24 heavy (non-hydrogen) atoms. The second-order valence-electron chi connectivity index (χ2n) is 4.51. The van der Waals surface area contributed by atoms with Crippen LogP contribution in [-0.4, -0.2) is 25.1 Å². The van der Waals surface area contributed by atoms with Crippen molar-refractivity contribution in [3.63, 3.8) is 0 Å². The lowest BCUT2D eigenvalue weighted by molar-refractivity contribution is -0.0498. The van der Waals surface area contributed by atoms with Crippen LogP contribution in [0.1, 0.15) is 16.6 Å². The van der Waals surface area contributed by atoms with Crippen molar-refractivity contribution < 1.29 is 23.1 Å². The van der Waals surface area contributed by atoms with Gasteiger partial charge >= 0.3 is 12.6 Å². The maximum atomic E-state index is 12.3. The number of ether oxygens (including phenoxy) is 1. The second-order valence-corrected chi connectivity index (χ2v) is 5.43. The molecule has 0 unspecified atom stereocenters. The van der Waals surface area contributed by atoms with Crippen molar-refractivity contribution in [2.24, 2.45) is 0 Å². The number of nitrogens with one attached hydrogen (secondary N) is 3. The molecular weight excluding hydrogens is 340 g/mol. The average molecular weight is 355 g/mol. The molecule has 0 atom stereocenters. The first-order chi connectivity index (χ1) is 11.5. The van der Waals surface area contributed by atoms with E-state index in [-0.39, 0.29) is 16.7 Å². The molecule has 0 bridgehead atoms. The zero-order valence-corrected chi connectivity index (χ0v) is 13.5. The Labute approximate surface area is 140 Å².